The number of ether oxygens (including phenoxy) is 2. The van der Waals surface area contributed by atoms with Crippen molar-refractivity contribution in [1.29, 1.82) is 0 Å². The summed E-state index contributed by atoms with van der Waals surface area (Å²) in [6.45, 7) is 5.60. The number of aromatic nitrogens is 2. The zero-order valence-corrected chi connectivity index (χ0v) is 14.6. The minimum Gasteiger partial charge on any atom is -0.484 e. The van der Waals surface area contributed by atoms with Gasteiger partial charge < -0.3 is 19.3 Å². The molecule has 1 atom stereocenters. The quantitative estimate of drug-likeness (QED) is 0.763. The van der Waals surface area contributed by atoms with Crippen LogP contribution >= 0.6 is 0 Å². The molecule has 0 aliphatic rings. The average molecular weight is 347 g/mol. The van der Waals surface area contributed by atoms with Crippen molar-refractivity contribution in [3.05, 3.63) is 41.5 Å². The van der Waals surface area contributed by atoms with Crippen molar-refractivity contribution in [3.63, 3.8) is 0 Å². The highest BCUT2D eigenvalue weighted by Crippen LogP contribution is 2.13. The van der Waals surface area contributed by atoms with Gasteiger partial charge in [0.2, 0.25) is 0 Å². The van der Waals surface area contributed by atoms with E-state index in [1.807, 2.05) is 13.0 Å². The number of methoxy groups -OCH3 is 1. The van der Waals surface area contributed by atoms with E-state index in [2.05, 4.69) is 20.2 Å². The van der Waals surface area contributed by atoms with E-state index in [4.69, 9.17) is 9.26 Å². The van der Waals surface area contributed by atoms with Gasteiger partial charge in [-0.3, -0.25) is 9.78 Å². The molecule has 25 heavy (non-hydrogen) atoms. The first kappa shape index (κ1) is 18.4. The van der Waals surface area contributed by atoms with Gasteiger partial charge in [-0.15, -0.1) is 0 Å². The van der Waals surface area contributed by atoms with Crippen LogP contribution in [0.25, 0.3) is 0 Å². The molecule has 0 aliphatic heterocycles. The highest BCUT2D eigenvalue weighted by atomic mass is 16.5. The maximum Gasteiger partial charge on any atom is 0.328 e. The topological polar surface area (TPSA) is 104 Å². The van der Waals surface area contributed by atoms with Gasteiger partial charge in [-0.05, 0) is 25.0 Å². The zero-order chi connectivity index (χ0) is 18.4. The van der Waals surface area contributed by atoms with Crippen LogP contribution in [0.1, 0.15) is 35.8 Å². The fourth-order valence-electron chi connectivity index (χ4n) is 2.02. The van der Waals surface area contributed by atoms with Gasteiger partial charge in [0.25, 0.3) is 5.91 Å². The summed E-state index contributed by atoms with van der Waals surface area (Å²) in [6.07, 6.45) is 1.60. The summed E-state index contributed by atoms with van der Waals surface area (Å²) in [4.78, 5) is 28.0. The molecule has 134 valence electrons. The van der Waals surface area contributed by atoms with Crippen LogP contribution in [0.15, 0.2) is 28.9 Å². The maximum atomic E-state index is 12.2. The summed E-state index contributed by atoms with van der Waals surface area (Å²) < 4.78 is 15.3. The fourth-order valence-corrected chi connectivity index (χ4v) is 2.02. The second-order valence-corrected chi connectivity index (χ2v) is 5.82. The number of nitrogens with zero attached hydrogens (tertiary/aromatic N) is 2. The highest BCUT2D eigenvalue weighted by Gasteiger charge is 2.26. The Balaban J connectivity index is 1.96. The largest absolute Gasteiger partial charge is 0.484 e. The van der Waals surface area contributed by atoms with Crippen LogP contribution in [0.3, 0.4) is 0 Å². The van der Waals surface area contributed by atoms with E-state index in [0.29, 0.717) is 11.5 Å². The molecule has 2 rings (SSSR count). The van der Waals surface area contributed by atoms with E-state index >= 15 is 0 Å². The van der Waals surface area contributed by atoms with E-state index in [9.17, 15) is 9.59 Å². The summed E-state index contributed by atoms with van der Waals surface area (Å²) in [5.74, 6) is -0.193. The van der Waals surface area contributed by atoms with Crippen LogP contribution in [0, 0.1) is 12.8 Å². The van der Waals surface area contributed by atoms with Gasteiger partial charge in [0.15, 0.2) is 11.5 Å². The summed E-state index contributed by atoms with van der Waals surface area (Å²) in [5.41, 5.74) is 0.950. The van der Waals surface area contributed by atoms with Gasteiger partial charge in [-0.25, -0.2) is 4.79 Å². The number of aryl methyl sites for hydroxylation is 1. The molecule has 0 bridgehead atoms. The summed E-state index contributed by atoms with van der Waals surface area (Å²) >= 11 is 0. The van der Waals surface area contributed by atoms with Gasteiger partial charge in [0, 0.05) is 11.8 Å². The lowest BCUT2D eigenvalue weighted by atomic mass is 10.0. The molecule has 8 nitrogen and oxygen atoms in total. The lowest BCUT2D eigenvalue weighted by Crippen LogP contribution is -2.45. The lowest BCUT2D eigenvalue weighted by molar-refractivity contribution is -0.144. The Bertz CT molecular complexity index is 724. The summed E-state index contributed by atoms with van der Waals surface area (Å²) in [5, 5.41) is 6.30. The Morgan fingerprint density at radius 2 is 2.08 bits per heavy atom. The normalized spacial score (nSPS) is 11.9. The number of hydrogen-bond acceptors (Lipinski definition) is 7. The van der Waals surface area contributed by atoms with Crippen molar-refractivity contribution in [1.82, 2.24) is 15.5 Å². The first-order chi connectivity index (χ1) is 11.9. The minimum atomic E-state index is -0.757. The van der Waals surface area contributed by atoms with Crippen LogP contribution in [-0.4, -0.2) is 35.2 Å². The number of carbonyl (C=O) groups is 2. The highest BCUT2D eigenvalue weighted by molar-refractivity contribution is 5.95. The minimum absolute atomic E-state index is 0.0650. The molecule has 0 saturated carbocycles. The predicted octanol–water partition coefficient (Wildman–Crippen LogP) is 1.88. The maximum absolute atomic E-state index is 12.2. The Morgan fingerprint density at radius 1 is 1.32 bits per heavy atom. The second-order valence-electron chi connectivity index (χ2n) is 5.82. The monoisotopic (exact) mass is 347 g/mol. The molecule has 0 fully saturated rings. The molecule has 0 spiro atoms. The molecule has 0 unspecified atom stereocenters. The van der Waals surface area contributed by atoms with Crippen molar-refractivity contribution in [2.24, 2.45) is 5.92 Å². The van der Waals surface area contributed by atoms with Crippen molar-refractivity contribution < 1.29 is 23.6 Å². The Kier molecular flexibility index (Phi) is 6.10. The standard InChI is InChI=1S/C17H21N3O5/c1-10(2)15(17(22)23-4)19-16(21)14-7-13(25-20-14)9-24-12-6-5-11(3)18-8-12/h5-8,10,15H,9H2,1-4H3,(H,19,21)/t15-/m0/s1. The molecule has 2 heterocycles. The molecule has 0 saturated heterocycles. The molecule has 1 N–H and O–H groups in total. The van der Waals surface area contributed by atoms with E-state index in [1.54, 1.807) is 26.1 Å². The number of pyridine rings is 1. The summed E-state index contributed by atoms with van der Waals surface area (Å²) in [6, 6.07) is 4.32. The van der Waals surface area contributed by atoms with Gasteiger partial charge in [0.05, 0.1) is 13.3 Å². The molecule has 1 amide bonds. The molecule has 2 aromatic heterocycles. The van der Waals surface area contributed by atoms with Crippen molar-refractivity contribution in [2.45, 2.75) is 33.4 Å². The molecule has 0 radical (unpaired) electrons. The first-order valence-corrected chi connectivity index (χ1v) is 7.80. The summed E-state index contributed by atoms with van der Waals surface area (Å²) in [7, 11) is 1.27. The van der Waals surface area contributed by atoms with Crippen LogP contribution < -0.4 is 10.1 Å². The molecule has 0 aromatic carbocycles. The first-order valence-electron chi connectivity index (χ1n) is 7.80. The Hall–Kier alpha value is -2.90. The Morgan fingerprint density at radius 3 is 2.68 bits per heavy atom. The second kappa shape index (κ2) is 8.27. The van der Waals surface area contributed by atoms with Gasteiger partial charge in [-0.1, -0.05) is 19.0 Å². The van der Waals surface area contributed by atoms with Crippen LogP contribution in [0.5, 0.6) is 5.75 Å². The van der Waals surface area contributed by atoms with Crippen LogP contribution in [-0.2, 0) is 16.1 Å². The Labute approximate surface area is 145 Å². The SMILES string of the molecule is COC(=O)[C@@H](NC(=O)c1cc(COc2ccc(C)nc2)on1)C(C)C. The third kappa shape index (κ3) is 5.03. The fraction of sp³-hybridized carbons (Fsp3) is 0.412. The van der Waals surface area contributed by atoms with E-state index in [-0.39, 0.29) is 18.2 Å². The van der Waals surface area contributed by atoms with Gasteiger partial charge in [0.1, 0.15) is 18.4 Å². The van der Waals surface area contributed by atoms with E-state index in [1.165, 1.54) is 13.2 Å². The van der Waals surface area contributed by atoms with Crippen molar-refractivity contribution in [3.8, 4) is 5.75 Å². The number of carbonyl (C=O) groups excluding carboxylic acids is 2. The molecular formula is C17H21N3O5. The van der Waals surface area contributed by atoms with Gasteiger partial charge >= 0.3 is 5.97 Å². The number of amides is 1. The average Bonchev–Trinajstić information content (AvgIpc) is 3.07. The predicted molar refractivity (Wildman–Crippen MR) is 87.9 cm³/mol. The molecular weight excluding hydrogens is 326 g/mol. The third-order valence-corrected chi connectivity index (χ3v) is 3.47. The third-order valence-electron chi connectivity index (χ3n) is 3.47. The zero-order valence-electron chi connectivity index (χ0n) is 14.6. The lowest BCUT2D eigenvalue weighted by Gasteiger charge is -2.18. The van der Waals surface area contributed by atoms with Gasteiger partial charge in [-0.2, -0.15) is 0 Å². The van der Waals surface area contributed by atoms with Crippen LogP contribution in [0.4, 0.5) is 0 Å². The van der Waals surface area contributed by atoms with Crippen molar-refractivity contribution >= 4 is 11.9 Å². The smallest absolute Gasteiger partial charge is 0.328 e. The van der Waals surface area contributed by atoms with E-state index < -0.39 is 17.9 Å². The van der Waals surface area contributed by atoms with Crippen LogP contribution in [0.2, 0.25) is 0 Å². The molecule has 2 aromatic rings. The number of nitrogens with one attached hydrogen (secondary N) is 1. The number of hydrogen-bond donors (Lipinski definition) is 1. The molecule has 0 aliphatic carbocycles. The van der Waals surface area contributed by atoms with E-state index in [0.717, 1.165) is 5.69 Å². The number of esters is 1. The number of rotatable bonds is 7. The van der Waals surface area contributed by atoms with Crippen molar-refractivity contribution in [2.75, 3.05) is 7.11 Å². The molecule has 8 heteroatoms.